The van der Waals surface area contributed by atoms with Gasteiger partial charge in [0.05, 0.1) is 5.56 Å². The van der Waals surface area contributed by atoms with Crippen molar-refractivity contribution in [1.82, 2.24) is 0 Å². The summed E-state index contributed by atoms with van der Waals surface area (Å²) in [4.78, 5) is 7.76. The van der Waals surface area contributed by atoms with Gasteiger partial charge in [0.15, 0.2) is 0 Å². The van der Waals surface area contributed by atoms with Gasteiger partial charge >= 0.3 is 0 Å². The van der Waals surface area contributed by atoms with Crippen molar-refractivity contribution in [2.75, 3.05) is 6.61 Å². The van der Waals surface area contributed by atoms with E-state index < -0.39 is 6.04 Å². The van der Waals surface area contributed by atoms with Crippen molar-refractivity contribution in [2.45, 2.75) is 6.04 Å². The van der Waals surface area contributed by atoms with Crippen LogP contribution in [0.15, 0.2) is 47.5 Å². The van der Waals surface area contributed by atoms with Crippen molar-refractivity contribution < 1.29 is 24.8 Å². The molecular formula is C15H14FNO4. The zero-order valence-corrected chi connectivity index (χ0v) is 11.0. The van der Waals surface area contributed by atoms with Gasteiger partial charge in [-0.2, -0.15) is 4.94 Å². The molecule has 0 saturated carbocycles. The lowest BCUT2D eigenvalue weighted by Gasteiger charge is -2.10. The highest BCUT2D eigenvalue weighted by atomic mass is 19.3. The van der Waals surface area contributed by atoms with Crippen LogP contribution in [0.1, 0.15) is 17.2 Å². The average molecular weight is 291 g/mol. The van der Waals surface area contributed by atoms with Gasteiger partial charge in [0.25, 0.3) is 0 Å². The molecule has 0 amide bonds. The Morgan fingerprint density at radius 3 is 2.29 bits per heavy atom. The molecule has 2 rings (SSSR count). The summed E-state index contributed by atoms with van der Waals surface area (Å²) in [5.41, 5.74) is 0.761. The standard InChI is InChI=1S/C15H14FNO4/c16-21-9-13(10-4-2-1-3-5-10)17-8-12-14(19)6-11(18)7-15(12)20/h1-8,13,18-20H,9H2. The fraction of sp³-hybridized carbons (Fsp3) is 0.133. The predicted octanol–water partition coefficient (Wildman–Crippen LogP) is 2.86. The fourth-order valence-electron chi connectivity index (χ4n) is 1.87. The van der Waals surface area contributed by atoms with Gasteiger partial charge in [-0.25, -0.2) is 0 Å². The third kappa shape index (κ3) is 3.70. The lowest BCUT2D eigenvalue weighted by Crippen LogP contribution is -2.03. The number of aliphatic imine (C=N–C) groups is 1. The van der Waals surface area contributed by atoms with Crippen molar-refractivity contribution in [3.05, 3.63) is 53.6 Å². The zero-order valence-electron chi connectivity index (χ0n) is 11.0. The third-order valence-electron chi connectivity index (χ3n) is 2.91. The van der Waals surface area contributed by atoms with E-state index in [1.165, 1.54) is 6.21 Å². The summed E-state index contributed by atoms with van der Waals surface area (Å²) in [6.45, 7) is -0.292. The topological polar surface area (TPSA) is 82.3 Å². The molecule has 6 heteroatoms. The Bertz CT molecular complexity index is 608. The monoisotopic (exact) mass is 291 g/mol. The first-order valence-electron chi connectivity index (χ1n) is 6.18. The number of halogens is 1. The lowest BCUT2D eigenvalue weighted by molar-refractivity contribution is -0.136. The maximum Gasteiger partial charge on any atom is 0.131 e. The van der Waals surface area contributed by atoms with E-state index in [9.17, 15) is 19.8 Å². The minimum Gasteiger partial charge on any atom is -0.508 e. The molecule has 3 N–H and O–H groups in total. The first-order valence-corrected chi connectivity index (χ1v) is 6.18. The number of hydrogen-bond acceptors (Lipinski definition) is 5. The number of rotatable bonds is 5. The zero-order chi connectivity index (χ0) is 15.2. The Labute approximate surface area is 120 Å². The van der Waals surface area contributed by atoms with Crippen LogP contribution >= 0.6 is 0 Å². The molecule has 2 aromatic rings. The van der Waals surface area contributed by atoms with Crippen LogP contribution in [0.3, 0.4) is 0 Å². The summed E-state index contributed by atoms with van der Waals surface area (Å²) >= 11 is 0. The van der Waals surface area contributed by atoms with Crippen LogP contribution in [0, 0.1) is 0 Å². The van der Waals surface area contributed by atoms with Crippen LogP contribution in [0.2, 0.25) is 0 Å². The van der Waals surface area contributed by atoms with E-state index >= 15 is 0 Å². The van der Waals surface area contributed by atoms with Crippen molar-refractivity contribution in [3.8, 4) is 17.2 Å². The largest absolute Gasteiger partial charge is 0.508 e. The van der Waals surface area contributed by atoms with E-state index in [1.54, 1.807) is 24.3 Å². The van der Waals surface area contributed by atoms with Crippen molar-refractivity contribution in [2.24, 2.45) is 4.99 Å². The van der Waals surface area contributed by atoms with Gasteiger partial charge in [-0.15, -0.1) is 0 Å². The van der Waals surface area contributed by atoms with Crippen LogP contribution in [0.5, 0.6) is 17.2 Å². The molecule has 110 valence electrons. The number of phenols is 3. The minimum atomic E-state index is -0.621. The van der Waals surface area contributed by atoms with Crippen LogP contribution in [0.4, 0.5) is 4.53 Å². The molecular weight excluding hydrogens is 277 g/mol. The van der Waals surface area contributed by atoms with E-state index in [4.69, 9.17) is 0 Å². The lowest BCUT2D eigenvalue weighted by atomic mass is 10.1. The Kier molecular flexibility index (Phi) is 4.73. The number of aromatic hydroxyl groups is 3. The Morgan fingerprint density at radius 1 is 1.10 bits per heavy atom. The smallest absolute Gasteiger partial charge is 0.131 e. The predicted molar refractivity (Wildman–Crippen MR) is 75.3 cm³/mol. The molecule has 0 fully saturated rings. The molecule has 0 saturated heterocycles. The molecule has 5 nitrogen and oxygen atoms in total. The molecule has 2 aromatic carbocycles. The second-order valence-electron chi connectivity index (χ2n) is 4.38. The van der Waals surface area contributed by atoms with Gasteiger partial charge in [0, 0.05) is 18.3 Å². The van der Waals surface area contributed by atoms with Gasteiger partial charge in [0.1, 0.15) is 29.9 Å². The minimum absolute atomic E-state index is 0.0348. The average Bonchev–Trinajstić information content (AvgIpc) is 2.46. The first-order chi connectivity index (χ1) is 10.1. The molecule has 21 heavy (non-hydrogen) atoms. The van der Waals surface area contributed by atoms with E-state index in [-0.39, 0.29) is 29.4 Å². The van der Waals surface area contributed by atoms with E-state index in [0.717, 1.165) is 17.7 Å². The van der Waals surface area contributed by atoms with Gasteiger partial charge in [-0.3, -0.25) is 4.99 Å². The highest BCUT2D eigenvalue weighted by Gasteiger charge is 2.12. The summed E-state index contributed by atoms with van der Waals surface area (Å²) < 4.78 is 12.2. The molecule has 0 spiro atoms. The van der Waals surface area contributed by atoms with Crippen LogP contribution in [-0.2, 0) is 4.94 Å². The number of phenolic OH excluding ortho intramolecular Hbond substituents is 3. The Hall–Kier alpha value is -2.60. The molecule has 0 bridgehead atoms. The highest BCUT2D eigenvalue weighted by Crippen LogP contribution is 2.31. The molecule has 1 unspecified atom stereocenters. The molecule has 0 heterocycles. The second kappa shape index (κ2) is 6.71. The summed E-state index contributed by atoms with van der Waals surface area (Å²) in [5, 5.41) is 28.6. The van der Waals surface area contributed by atoms with Crippen LogP contribution < -0.4 is 0 Å². The molecule has 0 aliphatic heterocycles. The SMILES string of the molecule is Oc1cc(O)c(C=NC(COF)c2ccccc2)c(O)c1. The van der Waals surface area contributed by atoms with E-state index in [1.807, 2.05) is 6.07 Å². The van der Waals surface area contributed by atoms with Crippen LogP contribution in [0.25, 0.3) is 0 Å². The first kappa shape index (κ1) is 14.8. The quantitative estimate of drug-likeness (QED) is 0.740. The maximum atomic E-state index is 12.2. The van der Waals surface area contributed by atoms with Gasteiger partial charge in [0.2, 0.25) is 0 Å². The Morgan fingerprint density at radius 2 is 1.71 bits per heavy atom. The van der Waals surface area contributed by atoms with Gasteiger partial charge in [-0.05, 0) is 10.1 Å². The molecule has 0 radical (unpaired) electrons. The van der Waals surface area contributed by atoms with Gasteiger partial charge < -0.3 is 15.3 Å². The summed E-state index contributed by atoms with van der Waals surface area (Å²) in [5.74, 6) is -0.928. The van der Waals surface area contributed by atoms with E-state index in [0.29, 0.717) is 0 Å². The Balaban J connectivity index is 2.29. The molecule has 0 aliphatic rings. The van der Waals surface area contributed by atoms with Crippen molar-refractivity contribution in [1.29, 1.82) is 0 Å². The second-order valence-corrected chi connectivity index (χ2v) is 4.38. The molecule has 0 aliphatic carbocycles. The number of benzene rings is 2. The number of nitrogens with zero attached hydrogens (tertiary/aromatic N) is 1. The highest BCUT2D eigenvalue weighted by molar-refractivity contribution is 5.87. The molecule has 0 aromatic heterocycles. The molecule has 1 atom stereocenters. The fourth-order valence-corrected chi connectivity index (χ4v) is 1.87. The van der Waals surface area contributed by atoms with Crippen LogP contribution in [-0.4, -0.2) is 28.1 Å². The number of hydrogen-bond donors (Lipinski definition) is 3. The van der Waals surface area contributed by atoms with Crippen molar-refractivity contribution in [3.63, 3.8) is 0 Å². The normalized spacial score (nSPS) is 12.6. The third-order valence-corrected chi connectivity index (χ3v) is 2.91. The van der Waals surface area contributed by atoms with Crippen molar-refractivity contribution >= 4 is 6.21 Å². The summed E-state index contributed by atoms with van der Waals surface area (Å²) in [6, 6.07) is 10.4. The summed E-state index contributed by atoms with van der Waals surface area (Å²) in [6.07, 6.45) is 1.21. The maximum absolute atomic E-state index is 12.2. The van der Waals surface area contributed by atoms with Gasteiger partial charge in [-0.1, -0.05) is 30.3 Å². The summed E-state index contributed by atoms with van der Waals surface area (Å²) in [7, 11) is 0. The van der Waals surface area contributed by atoms with E-state index in [2.05, 4.69) is 9.93 Å².